The van der Waals surface area contributed by atoms with Gasteiger partial charge in [-0.2, -0.15) is 5.26 Å². The molecule has 0 spiro atoms. The largest absolute Gasteiger partial charge is 0.465 e. The smallest absolute Gasteiger partial charge is 0.409 e. The van der Waals surface area contributed by atoms with Crippen LogP contribution in [0, 0.1) is 11.3 Å². The second-order valence-corrected chi connectivity index (χ2v) is 8.97. The van der Waals surface area contributed by atoms with Crippen LogP contribution in [0.4, 0.5) is 4.79 Å². The van der Waals surface area contributed by atoms with Crippen molar-refractivity contribution in [3.63, 3.8) is 0 Å². The maximum atomic E-state index is 11.8. The van der Waals surface area contributed by atoms with Crippen LogP contribution >= 0.6 is 34.7 Å². The average Bonchev–Trinajstić information content (AvgIpc) is 3.23. The molecule has 1 aliphatic heterocycles. The minimum absolute atomic E-state index is 0.123. The predicted molar refractivity (Wildman–Crippen MR) is 103 cm³/mol. The number of rotatable bonds is 5. The maximum absolute atomic E-state index is 11.8. The topological polar surface area (TPSA) is 99.3 Å². The number of nitriles is 1. The third-order valence-corrected chi connectivity index (χ3v) is 6.75. The molecular weight excluding hydrogens is 408 g/mol. The van der Waals surface area contributed by atoms with Crippen LogP contribution in [0.3, 0.4) is 0 Å². The average molecular weight is 425 g/mol. The van der Waals surface area contributed by atoms with E-state index in [0.29, 0.717) is 28.6 Å². The molecule has 1 fully saturated rings. The molecule has 142 valence electrons. The molecule has 3 rings (SSSR count). The Bertz CT molecular complexity index is 870. The summed E-state index contributed by atoms with van der Waals surface area (Å²) < 4.78 is 5.69. The van der Waals surface area contributed by atoms with Gasteiger partial charge in [0.2, 0.25) is 0 Å². The molecule has 7 nitrogen and oxygen atoms in total. The summed E-state index contributed by atoms with van der Waals surface area (Å²) in [6.45, 7) is 3.79. The summed E-state index contributed by atoms with van der Waals surface area (Å²) in [5.74, 6) is 0. The number of thioether (sulfide) groups is 1. The Kier molecular flexibility index (Phi) is 5.91. The number of nitrogens with zero attached hydrogens (tertiary/aromatic N) is 4. The second kappa shape index (κ2) is 8.02. The van der Waals surface area contributed by atoms with Crippen molar-refractivity contribution < 1.29 is 14.6 Å². The summed E-state index contributed by atoms with van der Waals surface area (Å²) in [7, 11) is 0. The van der Waals surface area contributed by atoms with Gasteiger partial charge in [0.1, 0.15) is 16.8 Å². The number of aromatic nitrogens is 2. The van der Waals surface area contributed by atoms with Gasteiger partial charge in [-0.1, -0.05) is 23.4 Å². The SMILES string of the molecule is CC1(C)OC[C@H](C[C@@H](Sc2ncc(Cl)cc2C#N)c2cncs2)N1C(=O)O. The molecule has 3 heterocycles. The lowest BCUT2D eigenvalue weighted by atomic mass is 10.1. The van der Waals surface area contributed by atoms with Gasteiger partial charge < -0.3 is 9.84 Å². The molecule has 2 atom stereocenters. The second-order valence-electron chi connectivity index (χ2n) is 6.43. The lowest BCUT2D eigenvalue weighted by molar-refractivity contribution is -0.0421. The van der Waals surface area contributed by atoms with Gasteiger partial charge in [0.25, 0.3) is 0 Å². The van der Waals surface area contributed by atoms with Gasteiger partial charge in [-0.15, -0.1) is 11.3 Å². The van der Waals surface area contributed by atoms with Crippen LogP contribution < -0.4 is 0 Å². The van der Waals surface area contributed by atoms with E-state index in [9.17, 15) is 15.2 Å². The number of pyridine rings is 1. The van der Waals surface area contributed by atoms with Crippen molar-refractivity contribution in [3.05, 3.63) is 39.4 Å². The summed E-state index contributed by atoms with van der Waals surface area (Å²) in [6.07, 6.45) is 2.76. The fourth-order valence-electron chi connectivity index (χ4n) is 3.03. The van der Waals surface area contributed by atoms with E-state index in [1.165, 1.54) is 34.2 Å². The monoisotopic (exact) mass is 424 g/mol. The van der Waals surface area contributed by atoms with Crippen molar-refractivity contribution in [3.8, 4) is 6.07 Å². The van der Waals surface area contributed by atoms with Crippen LogP contribution in [0.5, 0.6) is 0 Å². The van der Waals surface area contributed by atoms with Gasteiger partial charge in [0, 0.05) is 22.5 Å². The predicted octanol–water partition coefficient (Wildman–Crippen LogP) is 4.40. The van der Waals surface area contributed by atoms with Gasteiger partial charge in [-0.25, -0.2) is 9.78 Å². The minimum atomic E-state index is -1.02. The van der Waals surface area contributed by atoms with E-state index in [2.05, 4.69) is 16.0 Å². The number of carboxylic acid groups (broad SMARTS) is 1. The molecule has 1 amide bonds. The molecule has 1 aliphatic rings. The summed E-state index contributed by atoms with van der Waals surface area (Å²) in [4.78, 5) is 22.5. The van der Waals surface area contributed by atoms with Crippen molar-refractivity contribution in [1.82, 2.24) is 14.9 Å². The molecule has 2 aromatic rings. The zero-order chi connectivity index (χ0) is 19.6. The molecule has 0 unspecified atom stereocenters. The Labute approximate surface area is 169 Å². The zero-order valence-corrected chi connectivity index (χ0v) is 17.0. The van der Waals surface area contributed by atoms with Crippen molar-refractivity contribution in [2.45, 2.75) is 42.3 Å². The molecule has 0 aliphatic carbocycles. The molecule has 10 heteroatoms. The quantitative estimate of drug-likeness (QED) is 0.710. The molecule has 1 saturated heterocycles. The summed E-state index contributed by atoms with van der Waals surface area (Å²) in [5, 5.41) is 19.8. The van der Waals surface area contributed by atoms with Gasteiger partial charge >= 0.3 is 6.09 Å². The van der Waals surface area contributed by atoms with E-state index in [1.807, 2.05) is 0 Å². The van der Waals surface area contributed by atoms with E-state index < -0.39 is 11.8 Å². The van der Waals surface area contributed by atoms with E-state index in [0.717, 1.165) is 4.88 Å². The van der Waals surface area contributed by atoms with Crippen molar-refractivity contribution >= 4 is 40.8 Å². The molecular formula is C17H17ClN4O3S2. The summed E-state index contributed by atoms with van der Waals surface area (Å²) in [6, 6.07) is 3.38. The molecule has 0 radical (unpaired) electrons. The highest BCUT2D eigenvalue weighted by molar-refractivity contribution is 7.99. The van der Waals surface area contributed by atoms with Crippen molar-refractivity contribution in [2.24, 2.45) is 0 Å². The highest BCUT2D eigenvalue weighted by Crippen LogP contribution is 2.43. The van der Waals surface area contributed by atoms with Gasteiger partial charge in [0.15, 0.2) is 0 Å². The van der Waals surface area contributed by atoms with E-state index >= 15 is 0 Å². The van der Waals surface area contributed by atoms with Crippen molar-refractivity contribution in [1.29, 1.82) is 5.26 Å². The first-order valence-electron chi connectivity index (χ1n) is 8.08. The standard InChI is InChI=1S/C17H17ClN4O3S2/c1-17(2)22(16(23)24)12(8-25-17)4-13(14-7-20-9-26-14)27-15-10(5-19)3-11(18)6-21-15/h3,6-7,9,12-13H,4,8H2,1-2H3,(H,23,24)/t12-,13+/m0/s1. The van der Waals surface area contributed by atoms with Gasteiger partial charge in [-0.3, -0.25) is 9.88 Å². The van der Waals surface area contributed by atoms with E-state index in [4.69, 9.17) is 16.3 Å². The lowest BCUT2D eigenvalue weighted by Gasteiger charge is -2.32. The summed E-state index contributed by atoms with van der Waals surface area (Å²) in [5.41, 5.74) is 1.24. The Morgan fingerprint density at radius 2 is 2.41 bits per heavy atom. The van der Waals surface area contributed by atoms with E-state index in [1.54, 1.807) is 31.6 Å². The van der Waals surface area contributed by atoms with Crippen molar-refractivity contribution in [2.75, 3.05) is 6.61 Å². The molecule has 0 bridgehead atoms. The zero-order valence-electron chi connectivity index (χ0n) is 14.6. The number of hydrogen-bond donors (Lipinski definition) is 1. The Morgan fingerprint density at radius 3 is 3.04 bits per heavy atom. The lowest BCUT2D eigenvalue weighted by Crippen LogP contribution is -2.47. The van der Waals surface area contributed by atoms with Crippen LogP contribution in [-0.4, -0.2) is 44.4 Å². The third-order valence-electron chi connectivity index (χ3n) is 4.23. The van der Waals surface area contributed by atoms with Gasteiger partial charge in [0.05, 0.1) is 28.7 Å². The number of ether oxygens (including phenoxy) is 1. The highest BCUT2D eigenvalue weighted by Gasteiger charge is 2.45. The van der Waals surface area contributed by atoms with Crippen LogP contribution in [-0.2, 0) is 4.74 Å². The first-order chi connectivity index (χ1) is 12.8. The van der Waals surface area contributed by atoms with Crippen LogP contribution in [0.1, 0.15) is 36.0 Å². The third kappa shape index (κ3) is 4.35. The summed E-state index contributed by atoms with van der Waals surface area (Å²) >= 11 is 8.83. The van der Waals surface area contributed by atoms with Crippen LogP contribution in [0.15, 0.2) is 29.0 Å². The van der Waals surface area contributed by atoms with Crippen LogP contribution in [0.25, 0.3) is 0 Å². The molecule has 0 saturated carbocycles. The number of amides is 1. The molecule has 0 aromatic carbocycles. The highest BCUT2D eigenvalue weighted by atomic mass is 35.5. The normalized spacial score (nSPS) is 19.6. The minimum Gasteiger partial charge on any atom is -0.465 e. The van der Waals surface area contributed by atoms with Crippen LogP contribution in [0.2, 0.25) is 5.02 Å². The number of thiazole rings is 1. The fraction of sp³-hybridized carbons (Fsp3) is 0.412. The number of halogens is 1. The Morgan fingerprint density at radius 1 is 1.63 bits per heavy atom. The van der Waals surface area contributed by atoms with Gasteiger partial charge in [-0.05, 0) is 26.3 Å². The maximum Gasteiger partial charge on any atom is 0.409 e. The first-order valence-corrected chi connectivity index (χ1v) is 10.2. The first kappa shape index (κ1) is 19.9. The fourth-order valence-corrected chi connectivity index (χ4v) is 5.23. The number of carbonyl (C=O) groups is 1. The Hall–Kier alpha value is -1.86. The molecule has 1 N–H and O–H groups in total. The molecule has 27 heavy (non-hydrogen) atoms. The number of hydrogen-bond acceptors (Lipinski definition) is 7. The molecule has 2 aromatic heterocycles. The van der Waals surface area contributed by atoms with E-state index in [-0.39, 0.29) is 11.3 Å². The Balaban J connectivity index is 1.88.